The Balaban J connectivity index is 2.14. The molecule has 0 aliphatic heterocycles. The minimum absolute atomic E-state index is 0.559. The van der Waals surface area contributed by atoms with Crippen LogP contribution in [-0.2, 0) is 0 Å². The molecule has 3 rings (SSSR count). The summed E-state index contributed by atoms with van der Waals surface area (Å²) < 4.78 is 1.80. The standard InChI is InChI=1S/C20H16Cl2N4S/c1-3-24-20-26(25-13(2)15-6-4-14(11-23)5-7-15)19(12-27-20)17-9-8-16(21)10-18(17)22/h4-10,12H,3H2,1-2H3. The second kappa shape index (κ2) is 8.53. The third-order valence-electron chi connectivity index (χ3n) is 3.87. The SMILES string of the molecule is CCN=c1scc(-c2ccc(Cl)cc2Cl)n1N=C(C)c1ccc(C#N)cc1. The summed E-state index contributed by atoms with van der Waals surface area (Å²) in [5, 5.41) is 16.9. The van der Waals surface area contributed by atoms with Crippen molar-refractivity contribution < 1.29 is 0 Å². The summed E-state index contributed by atoms with van der Waals surface area (Å²) in [5.74, 6) is 0. The van der Waals surface area contributed by atoms with Crippen molar-refractivity contribution in [2.45, 2.75) is 13.8 Å². The molecule has 2 aromatic carbocycles. The maximum Gasteiger partial charge on any atom is 0.206 e. The minimum atomic E-state index is 0.559. The zero-order valence-corrected chi connectivity index (χ0v) is 17.1. The summed E-state index contributed by atoms with van der Waals surface area (Å²) in [7, 11) is 0. The molecule has 27 heavy (non-hydrogen) atoms. The number of nitriles is 1. The van der Waals surface area contributed by atoms with Crippen LogP contribution in [0.1, 0.15) is 25.0 Å². The molecular weight excluding hydrogens is 399 g/mol. The molecule has 0 amide bonds. The summed E-state index contributed by atoms with van der Waals surface area (Å²) in [6.45, 7) is 4.56. The molecule has 0 aliphatic carbocycles. The third-order valence-corrected chi connectivity index (χ3v) is 5.27. The molecule has 3 aromatic rings. The van der Waals surface area contributed by atoms with Gasteiger partial charge in [0.05, 0.1) is 28.1 Å². The first-order valence-corrected chi connectivity index (χ1v) is 9.89. The highest BCUT2D eigenvalue weighted by Gasteiger charge is 2.12. The third kappa shape index (κ3) is 4.30. The molecule has 1 heterocycles. The molecule has 0 spiro atoms. The summed E-state index contributed by atoms with van der Waals surface area (Å²) >= 11 is 13.9. The first kappa shape index (κ1) is 19.4. The summed E-state index contributed by atoms with van der Waals surface area (Å²) in [4.78, 5) is 5.32. The van der Waals surface area contributed by atoms with E-state index in [1.54, 1.807) is 28.9 Å². The molecule has 4 nitrogen and oxygen atoms in total. The highest BCUT2D eigenvalue weighted by atomic mass is 35.5. The van der Waals surface area contributed by atoms with Gasteiger partial charge in [0, 0.05) is 22.5 Å². The van der Waals surface area contributed by atoms with Crippen molar-refractivity contribution in [3.8, 4) is 17.3 Å². The topological polar surface area (TPSA) is 53.4 Å². The van der Waals surface area contributed by atoms with Crippen LogP contribution in [0.5, 0.6) is 0 Å². The van der Waals surface area contributed by atoms with Crippen molar-refractivity contribution in [1.29, 1.82) is 5.26 Å². The van der Waals surface area contributed by atoms with Crippen molar-refractivity contribution in [1.82, 2.24) is 4.68 Å². The van der Waals surface area contributed by atoms with Gasteiger partial charge in [-0.3, -0.25) is 4.99 Å². The molecule has 0 radical (unpaired) electrons. The van der Waals surface area contributed by atoms with E-state index in [-0.39, 0.29) is 0 Å². The van der Waals surface area contributed by atoms with E-state index >= 15 is 0 Å². The van der Waals surface area contributed by atoms with Gasteiger partial charge in [0.25, 0.3) is 0 Å². The van der Waals surface area contributed by atoms with Gasteiger partial charge in [-0.25, -0.2) is 4.68 Å². The monoisotopic (exact) mass is 414 g/mol. The van der Waals surface area contributed by atoms with Gasteiger partial charge in [-0.15, -0.1) is 11.3 Å². The molecule has 7 heteroatoms. The normalized spacial score (nSPS) is 12.3. The number of hydrogen-bond donors (Lipinski definition) is 0. The molecule has 0 fully saturated rings. The lowest BCUT2D eigenvalue weighted by Crippen LogP contribution is -2.14. The van der Waals surface area contributed by atoms with Crippen LogP contribution in [0.15, 0.2) is 57.9 Å². The van der Waals surface area contributed by atoms with E-state index < -0.39 is 0 Å². The molecular formula is C20H16Cl2N4S. The van der Waals surface area contributed by atoms with Gasteiger partial charge in [0.2, 0.25) is 4.80 Å². The van der Waals surface area contributed by atoms with Crippen molar-refractivity contribution in [2.75, 3.05) is 6.54 Å². The van der Waals surface area contributed by atoms with Crippen LogP contribution in [-0.4, -0.2) is 16.9 Å². The quantitative estimate of drug-likeness (QED) is 0.513. The van der Waals surface area contributed by atoms with Crippen LogP contribution in [0, 0.1) is 11.3 Å². The Bertz CT molecular complexity index is 1100. The lowest BCUT2D eigenvalue weighted by atomic mass is 10.1. The Labute approximate surface area is 171 Å². The van der Waals surface area contributed by atoms with E-state index in [2.05, 4.69) is 11.1 Å². The zero-order valence-electron chi connectivity index (χ0n) is 14.8. The average molecular weight is 415 g/mol. The Morgan fingerprint density at radius 3 is 2.56 bits per heavy atom. The van der Waals surface area contributed by atoms with Gasteiger partial charge in [0.1, 0.15) is 0 Å². The number of hydrogen-bond acceptors (Lipinski definition) is 4. The Morgan fingerprint density at radius 1 is 1.19 bits per heavy atom. The fourth-order valence-corrected chi connectivity index (χ4v) is 3.91. The van der Waals surface area contributed by atoms with Crippen LogP contribution < -0.4 is 4.80 Å². The van der Waals surface area contributed by atoms with E-state index in [4.69, 9.17) is 33.6 Å². The van der Waals surface area contributed by atoms with Crippen LogP contribution >= 0.6 is 34.5 Å². The Morgan fingerprint density at radius 2 is 1.93 bits per heavy atom. The van der Waals surface area contributed by atoms with Crippen LogP contribution in [0.25, 0.3) is 11.3 Å². The smallest absolute Gasteiger partial charge is 0.206 e. The molecule has 0 saturated carbocycles. The lowest BCUT2D eigenvalue weighted by molar-refractivity contribution is 0.827. The predicted molar refractivity (Wildman–Crippen MR) is 113 cm³/mol. The maximum absolute atomic E-state index is 8.96. The number of aromatic nitrogens is 1. The predicted octanol–water partition coefficient (Wildman–Crippen LogP) is 5.59. The number of halogens is 2. The second-order valence-corrected chi connectivity index (χ2v) is 7.37. The highest BCUT2D eigenvalue weighted by Crippen LogP contribution is 2.30. The molecule has 0 aliphatic rings. The first-order valence-electron chi connectivity index (χ1n) is 8.26. The van der Waals surface area contributed by atoms with E-state index in [1.807, 2.05) is 37.4 Å². The Kier molecular flexibility index (Phi) is 6.12. The fraction of sp³-hybridized carbons (Fsp3) is 0.150. The first-order chi connectivity index (χ1) is 13.0. The number of thiazole rings is 1. The van der Waals surface area contributed by atoms with E-state index in [9.17, 15) is 0 Å². The van der Waals surface area contributed by atoms with E-state index in [1.165, 1.54) is 11.3 Å². The van der Waals surface area contributed by atoms with Gasteiger partial charge >= 0.3 is 0 Å². The summed E-state index contributed by atoms with van der Waals surface area (Å²) in [5.41, 5.74) is 4.04. The molecule has 0 N–H and O–H groups in total. The largest absolute Gasteiger partial charge is 0.258 e. The lowest BCUT2D eigenvalue weighted by Gasteiger charge is -2.08. The van der Waals surface area contributed by atoms with Crippen LogP contribution in [0.4, 0.5) is 0 Å². The van der Waals surface area contributed by atoms with Crippen LogP contribution in [0.2, 0.25) is 10.0 Å². The van der Waals surface area contributed by atoms with Crippen molar-refractivity contribution in [3.63, 3.8) is 0 Å². The molecule has 0 atom stereocenters. The van der Waals surface area contributed by atoms with Gasteiger partial charge in [-0.1, -0.05) is 35.3 Å². The van der Waals surface area contributed by atoms with Gasteiger partial charge < -0.3 is 0 Å². The van der Waals surface area contributed by atoms with Crippen molar-refractivity contribution in [2.24, 2.45) is 10.1 Å². The van der Waals surface area contributed by atoms with Gasteiger partial charge in [-0.2, -0.15) is 10.4 Å². The van der Waals surface area contributed by atoms with Gasteiger partial charge in [-0.05, 0) is 49.7 Å². The summed E-state index contributed by atoms with van der Waals surface area (Å²) in [6, 6.07) is 14.9. The minimum Gasteiger partial charge on any atom is -0.258 e. The van der Waals surface area contributed by atoms with Gasteiger partial charge in [0.15, 0.2) is 0 Å². The molecule has 0 unspecified atom stereocenters. The molecule has 1 aromatic heterocycles. The zero-order chi connectivity index (χ0) is 19.4. The molecule has 0 bridgehead atoms. The maximum atomic E-state index is 8.96. The Hall–Kier alpha value is -2.39. The highest BCUT2D eigenvalue weighted by molar-refractivity contribution is 7.07. The summed E-state index contributed by atoms with van der Waals surface area (Å²) in [6.07, 6.45) is 0. The number of nitrogens with zero attached hydrogens (tertiary/aromatic N) is 4. The molecule has 0 saturated heterocycles. The van der Waals surface area contributed by atoms with E-state index in [0.717, 1.165) is 27.3 Å². The second-order valence-electron chi connectivity index (χ2n) is 5.69. The molecule has 136 valence electrons. The van der Waals surface area contributed by atoms with Crippen LogP contribution in [0.3, 0.4) is 0 Å². The number of rotatable bonds is 4. The fourth-order valence-electron chi connectivity index (χ4n) is 2.52. The number of benzene rings is 2. The van der Waals surface area contributed by atoms with Crippen molar-refractivity contribution >= 4 is 40.3 Å². The van der Waals surface area contributed by atoms with E-state index in [0.29, 0.717) is 22.2 Å². The van der Waals surface area contributed by atoms with Crippen molar-refractivity contribution in [3.05, 3.63) is 73.8 Å². The average Bonchev–Trinajstić information content (AvgIpc) is 3.04.